The predicted molar refractivity (Wildman–Crippen MR) is 171 cm³/mol. The number of carbonyl (C=O) groups excluding carboxylic acids is 2. The Bertz CT molecular complexity index is 1150. The van der Waals surface area contributed by atoms with Gasteiger partial charge in [-0.25, -0.2) is 0 Å². The van der Waals surface area contributed by atoms with Crippen LogP contribution in [0.15, 0.2) is 41.4 Å². The molecule has 11 heteroatoms. The van der Waals surface area contributed by atoms with Crippen LogP contribution in [0.5, 0.6) is 0 Å². The van der Waals surface area contributed by atoms with Crippen LogP contribution in [0, 0.1) is 0 Å². The second-order valence-corrected chi connectivity index (χ2v) is 13.0. The lowest BCUT2D eigenvalue weighted by Crippen LogP contribution is -2.48. The second kappa shape index (κ2) is 17.6. The molecule has 0 amide bonds. The third-order valence-electron chi connectivity index (χ3n) is 7.12. The molecule has 240 valence electrons. The van der Waals surface area contributed by atoms with Crippen LogP contribution in [0.1, 0.15) is 77.3 Å². The molecule has 0 unspecified atom stereocenters. The van der Waals surface area contributed by atoms with Gasteiger partial charge in [0.15, 0.2) is 0 Å². The second-order valence-electron chi connectivity index (χ2n) is 12.1. The highest BCUT2D eigenvalue weighted by Crippen LogP contribution is 2.27. The van der Waals surface area contributed by atoms with Gasteiger partial charge in [0.25, 0.3) is 0 Å². The number of nitrogens with one attached hydrogen (secondary N) is 1. The minimum atomic E-state index is -0.197. The molecule has 0 spiro atoms. The lowest BCUT2D eigenvalue weighted by molar-refractivity contribution is -0.141. The van der Waals surface area contributed by atoms with Crippen molar-refractivity contribution >= 4 is 33.6 Å². The van der Waals surface area contributed by atoms with Gasteiger partial charge in [0, 0.05) is 49.2 Å². The Kier molecular flexibility index (Phi) is 15.0. The Morgan fingerprint density at radius 3 is 1.93 bits per heavy atom. The van der Waals surface area contributed by atoms with Gasteiger partial charge >= 0.3 is 11.9 Å². The molecule has 2 aliphatic heterocycles. The Hall–Kier alpha value is -2.60. The van der Waals surface area contributed by atoms with Crippen LogP contribution in [-0.2, 0) is 28.5 Å². The molecule has 2 atom stereocenters. The SMILES string of the molecule is CC1(C)CNCCO1.COC(=O)C[C@H](C)c1cncc(Br)c1.COC(=O)C[C@H](C)c1cncc(N2CCOC(C)(C)C2)c1. The standard InChI is InChI=1S/C16H24N2O3.C10H12BrNO2.C6H13NO/c1-12(7-15(19)20-4)13-8-14(10-17-9-13)18-5-6-21-16(2,3)11-18;1-7(3-10(13)14-2)8-4-9(11)6-12-5-8;1-6(2)5-7-3-4-8-6/h8-10,12H,5-7,11H2,1-4H3;4-7H,3H2,1-2H3;7H,3-5H2,1-2H3/t12-;7-;/m00./s1. The minimum Gasteiger partial charge on any atom is -0.469 e. The van der Waals surface area contributed by atoms with Gasteiger partial charge in [0.1, 0.15) is 0 Å². The number of hydrogen-bond donors (Lipinski definition) is 1. The molecule has 0 aliphatic carbocycles. The number of pyridine rings is 2. The molecular weight excluding hydrogens is 616 g/mol. The van der Waals surface area contributed by atoms with E-state index in [4.69, 9.17) is 14.2 Å². The van der Waals surface area contributed by atoms with Crippen LogP contribution < -0.4 is 10.2 Å². The average molecular weight is 666 g/mol. The Morgan fingerprint density at radius 1 is 0.907 bits per heavy atom. The summed E-state index contributed by atoms with van der Waals surface area (Å²) in [6.07, 6.45) is 7.93. The van der Waals surface area contributed by atoms with E-state index in [9.17, 15) is 9.59 Å². The molecule has 0 aromatic carbocycles. The van der Waals surface area contributed by atoms with E-state index in [-0.39, 0.29) is 35.0 Å². The molecule has 0 saturated carbocycles. The van der Waals surface area contributed by atoms with E-state index >= 15 is 0 Å². The number of aromatic nitrogens is 2. The smallest absolute Gasteiger partial charge is 0.306 e. The molecule has 0 bridgehead atoms. The fraction of sp³-hybridized carbons (Fsp3) is 0.625. The zero-order chi connectivity index (χ0) is 32.0. The van der Waals surface area contributed by atoms with Crippen LogP contribution in [0.2, 0.25) is 0 Å². The number of rotatable bonds is 7. The van der Waals surface area contributed by atoms with Gasteiger partial charge in [0.05, 0.1) is 63.4 Å². The molecular formula is C32H49BrN4O6. The number of esters is 2. The maximum atomic E-state index is 11.4. The van der Waals surface area contributed by atoms with E-state index in [1.165, 1.54) is 14.2 Å². The third kappa shape index (κ3) is 13.7. The van der Waals surface area contributed by atoms with E-state index in [0.717, 1.165) is 60.7 Å². The van der Waals surface area contributed by atoms with E-state index in [1.807, 2.05) is 32.3 Å². The van der Waals surface area contributed by atoms with Crippen molar-refractivity contribution in [2.45, 2.75) is 77.4 Å². The zero-order valence-electron chi connectivity index (χ0n) is 26.9. The van der Waals surface area contributed by atoms with Gasteiger partial charge in [-0.3, -0.25) is 19.6 Å². The van der Waals surface area contributed by atoms with Crippen LogP contribution in [0.4, 0.5) is 5.69 Å². The molecule has 10 nitrogen and oxygen atoms in total. The molecule has 2 saturated heterocycles. The van der Waals surface area contributed by atoms with Gasteiger partial charge in [0.2, 0.25) is 0 Å². The quantitative estimate of drug-likeness (QED) is 0.394. The Balaban J connectivity index is 0.000000251. The number of morpholine rings is 2. The number of hydrogen-bond acceptors (Lipinski definition) is 10. The molecule has 4 heterocycles. The lowest BCUT2D eigenvalue weighted by atomic mass is 9.99. The summed E-state index contributed by atoms with van der Waals surface area (Å²) in [6, 6.07) is 4.07. The van der Waals surface area contributed by atoms with E-state index < -0.39 is 0 Å². The molecule has 0 radical (unpaired) electrons. The fourth-order valence-corrected chi connectivity index (χ4v) is 4.95. The van der Waals surface area contributed by atoms with E-state index in [2.05, 4.69) is 74.6 Å². The Morgan fingerprint density at radius 2 is 1.47 bits per heavy atom. The van der Waals surface area contributed by atoms with Crippen molar-refractivity contribution in [1.29, 1.82) is 0 Å². The van der Waals surface area contributed by atoms with Crippen molar-refractivity contribution in [3.63, 3.8) is 0 Å². The predicted octanol–water partition coefficient (Wildman–Crippen LogP) is 5.26. The summed E-state index contributed by atoms with van der Waals surface area (Å²) >= 11 is 3.34. The summed E-state index contributed by atoms with van der Waals surface area (Å²) in [5, 5.41) is 3.25. The first-order valence-electron chi connectivity index (χ1n) is 14.7. The van der Waals surface area contributed by atoms with E-state index in [0.29, 0.717) is 12.8 Å². The van der Waals surface area contributed by atoms with Gasteiger partial charge in [-0.2, -0.15) is 0 Å². The third-order valence-corrected chi connectivity index (χ3v) is 7.56. The summed E-state index contributed by atoms with van der Waals surface area (Å²) in [4.78, 5) is 33.1. The maximum Gasteiger partial charge on any atom is 0.306 e. The summed E-state index contributed by atoms with van der Waals surface area (Å²) in [5.74, 6) is -0.163. The minimum absolute atomic E-state index is 0.0677. The maximum absolute atomic E-state index is 11.4. The monoisotopic (exact) mass is 664 g/mol. The highest BCUT2D eigenvalue weighted by atomic mass is 79.9. The lowest BCUT2D eigenvalue weighted by Gasteiger charge is -2.39. The van der Waals surface area contributed by atoms with Crippen molar-refractivity contribution in [1.82, 2.24) is 15.3 Å². The summed E-state index contributed by atoms with van der Waals surface area (Å²) in [5.41, 5.74) is 3.09. The first-order valence-corrected chi connectivity index (χ1v) is 15.5. The number of carbonyl (C=O) groups is 2. The number of nitrogens with zero attached hydrogens (tertiary/aromatic N) is 3. The van der Waals surface area contributed by atoms with Crippen molar-refractivity contribution in [2.75, 3.05) is 58.5 Å². The van der Waals surface area contributed by atoms with Crippen LogP contribution >= 0.6 is 15.9 Å². The number of ether oxygens (including phenoxy) is 4. The van der Waals surface area contributed by atoms with Crippen molar-refractivity contribution in [3.05, 3.63) is 52.5 Å². The van der Waals surface area contributed by atoms with Gasteiger partial charge < -0.3 is 29.2 Å². The molecule has 1 N–H and O–H groups in total. The van der Waals surface area contributed by atoms with Crippen LogP contribution in [0.3, 0.4) is 0 Å². The van der Waals surface area contributed by atoms with Crippen molar-refractivity contribution in [3.8, 4) is 0 Å². The topological polar surface area (TPSA) is 112 Å². The highest BCUT2D eigenvalue weighted by molar-refractivity contribution is 9.10. The molecule has 2 aromatic rings. The number of anilines is 1. The van der Waals surface area contributed by atoms with Gasteiger partial charge in [-0.05, 0) is 78.7 Å². The number of halogens is 1. The molecule has 4 rings (SSSR count). The number of methoxy groups -OCH3 is 2. The van der Waals surface area contributed by atoms with Crippen molar-refractivity contribution in [2.24, 2.45) is 0 Å². The van der Waals surface area contributed by atoms with Crippen molar-refractivity contribution < 1.29 is 28.5 Å². The zero-order valence-corrected chi connectivity index (χ0v) is 28.5. The normalized spacial score (nSPS) is 18.5. The highest BCUT2D eigenvalue weighted by Gasteiger charge is 2.28. The summed E-state index contributed by atoms with van der Waals surface area (Å²) in [7, 11) is 2.81. The average Bonchev–Trinajstić information content (AvgIpc) is 2.97. The summed E-state index contributed by atoms with van der Waals surface area (Å²) < 4.78 is 21.4. The van der Waals surface area contributed by atoms with E-state index in [1.54, 1.807) is 12.4 Å². The first kappa shape index (κ1) is 36.6. The summed E-state index contributed by atoms with van der Waals surface area (Å²) in [6.45, 7) is 17.6. The van der Waals surface area contributed by atoms with Gasteiger partial charge in [-0.15, -0.1) is 0 Å². The van der Waals surface area contributed by atoms with Crippen LogP contribution in [0.25, 0.3) is 0 Å². The van der Waals surface area contributed by atoms with Crippen LogP contribution in [-0.4, -0.2) is 86.7 Å². The molecule has 2 aliphatic rings. The molecule has 2 fully saturated rings. The Labute approximate surface area is 265 Å². The molecule has 2 aromatic heterocycles. The van der Waals surface area contributed by atoms with Gasteiger partial charge in [-0.1, -0.05) is 13.8 Å². The molecule has 43 heavy (non-hydrogen) atoms. The first-order chi connectivity index (χ1) is 20.2. The largest absolute Gasteiger partial charge is 0.469 e. The fourth-order valence-electron chi connectivity index (χ4n) is 4.56.